The van der Waals surface area contributed by atoms with Crippen LogP contribution in [0.4, 0.5) is 4.39 Å². The van der Waals surface area contributed by atoms with E-state index in [4.69, 9.17) is 0 Å². The van der Waals surface area contributed by atoms with Crippen LogP contribution in [0.25, 0.3) is 0 Å². The second kappa shape index (κ2) is 5.43. The van der Waals surface area contributed by atoms with Crippen molar-refractivity contribution in [1.29, 1.82) is 0 Å². The molecule has 0 aromatic heterocycles. The smallest absolute Gasteiger partial charge is 0.236 e. The molecule has 0 radical (unpaired) electrons. The molecule has 0 fully saturated rings. The van der Waals surface area contributed by atoms with Crippen LogP contribution in [0.5, 0.6) is 0 Å². The molecule has 0 aliphatic heterocycles. The zero-order chi connectivity index (χ0) is 12.2. The number of halogens is 2. The van der Waals surface area contributed by atoms with Crippen molar-refractivity contribution in [3.63, 3.8) is 0 Å². The normalized spacial score (nSPS) is 11.2. The molecule has 1 aromatic rings. The van der Waals surface area contributed by atoms with Gasteiger partial charge in [0.2, 0.25) is 5.91 Å². The van der Waals surface area contributed by atoms with Gasteiger partial charge in [0, 0.05) is 6.54 Å². The predicted octanol–water partition coefficient (Wildman–Crippen LogP) is 2.66. The van der Waals surface area contributed by atoms with E-state index in [0.29, 0.717) is 13.0 Å². The number of hydrogen-bond acceptors (Lipinski definition) is 1. The minimum atomic E-state index is -0.546. The number of nitrogens with one attached hydrogen (secondary N) is 1. The van der Waals surface area contributed by atoms with Crippen molar-refractivity contribution in [1.82, 2.24) is 5.32 Å². The molecule has 0 bridgehead atoms. The van der Waals surface area contributed by atoms with Gasteiger partial charge in [-0.2, -0.15) is 0 Å². The van der Waals surface area contributed by atoms with Gasteiger partial charge in [-0.15, -0.1) is 0 Å². The number of hydrogen-bond donors (Lipinski definition) is 1. The van der Waals surface area contributed by atoms with Gasteiger partial charge in [-0.05, 0) is 38.0 Å². The molecule has 0 heterocycles. The molecule has 0 unspecified atom stereocenters. The maximum atomic E-state index is 12.6. The molecule has 0 saturated heterocycles. The van der Waals surface area contributed by atoms with Crippen LogP contribution in [0.2, 0.25) is 0 Å². The molecule has 88 valence electrons. The second-order valence-corrected chi connectivity index (χ2v) is 6.09. The Hall–Kier alpha value is -0.900. The number of alkyl halides is 1. The molecule has 0 spiro atoms. The third-order valence-electron chi connectivity index (χ3n) is 2.15. The lowest BCUT2D eigenvalue weighted by Crippen LogP contribution is -2.38. The summed E-state index contributed by atoms with van der Waals surface area (Å²) in [5.74, 6) is -0.288. The second-order valence-electron chi connectivity index (χ2n) is 4.10. The van der Waals surface area contributed by atoms with Gasteiger partial charge >= 0.3 is 0 Å². The van der Waals surface area contributed by atoms with Crippen molar-refractivity contribution in [3.8, 4) is 0 Å². The highest BCUT2D eigenvalue weighted by atomic mass is 79.9. The molecule has 4 heteroatoms. The maximum Gasteiger partial charge on any atom is 0.236 e. The average molecular weight is 288 g/mol. The summed E-state index contributed by atoms with van der Waals surface area (Å²) in [5, 5.41) is 2.81. The Morgan fingerprint density at radius 2 is 1.94 bits per heavy atom. The summed E-state index contributed by atoms with van der Waals surface area (Å²) in [6, 6.07) is 6.29. The molecule has 1 N–H and O–H groups in total. The van der Waals surface area contributed by atoms with Crippen LogP contribution in [0.3, 0.4) is 0 Å². The van der Waals surface area contributed by atoms with Crippen molar-refractivity contribution in [2.24, 2.45) is 0 Å². The summed E-state index contributed by atoms with van der Waals surface area (Å²) in [4.78, 5) is 11.5. The fraction of sp³-hybridized carbons (Fsp3) is 0.417. The molecule has 0 saturated carbocycles. The lowest BCUT2D eigenvalue weighted by molar-refractivity contribution is -0.122. The van der Waals surface area contributed by atoms with Crippen molar-refractivity contribution in [2.75, 3.05) is 6.54 Å². The van der Waals surface area contributed by atoms with Crippen LogP contribution < -0.4 is 5.32 Å². The van der Waals surface area contributed by atoms with E-state index < -0.39 is 4.32 Å². The topological polar surface area (TPSA) is 29.1 Å². The average Bonchev–Trinajstić information content (AvgIpc) is 2.19. The highest BCUT2D eigenvalue weighted by Crippen LogP contribution is 2.15. The predicted molar refractivity (Wildman–Crippen MR) is 66.1 cm³/mol. The van der Waals surface area contributed by atoms with Gasteiger partial charge in [-0.25, -0.2) is 4.39 Å². The lowest BCUT2D eigenvalue weighted by Gasteiger charge is -2.15. The van der Waals surface area contributed by atoms with Gasteiger partial charge in [0.25, 0.3) is 0 Å². The van der Waals surface area contributed by atoms with E-state index in [9.17, 15) is 9.18 Å². The van der Waals surface area contributed by atoms with Crippen molar-refractivity contribution in [2.45, 2.75) is 24.6 Å². The zero-order valence-corrected chi connectivity index (χ0v) is 11.0. The summed E-state index contributed by atoms with van der Waals surface area (Å²) < 4.78 is 12.1. The summed E-state index contributed by atoms with van der Waals surface area (Å²) in [5.41, 5.74) is 1.01. The summed E-state index contributed by atoms with van der Waals surface area (Å²) in [6.07, 6.45) is 0.703. The first-order valence-corrected chi connectivity index (χ1v) is 5.90. The molecular formula is C12H15BrFNO. The van der Waals surface area contributed by atoms with E-state index in [1.54, 1.807) is 26.0 Å². The number of rotatable bonds is 4. The number of benzene rings is 1. The molecule has 0 atom stereocenters. The van der Waals surface area contributed by atoms with E-state index in [1.807, 2.05) is 0 Å². The first-order chi connectivity index (χ1) is 7.39. The lowest BCUT2D eigenvalue weighted by atomic mass is 10.1. The van der Waals surface area contributed by atoms with E-state index >= 15 is 0 Å². The van der Waals surface area contributed by atoms with Crippen LogP contribution in [-0.2, 0) is 11.2 Å². The van der Waals surface area contributed by atoms with Gasteiger partial charge in [0.15, 0.2) is 0 Å². The highest BCUT2D eigenvalue weighted by molar-refractivity contribution is 9.10. The van der Waals surface area contributed by atoms with Crippen molar-refractivity contribution >= 4 is 21.8 Å². The largest absolute Gasteiger partial charge is 0.355 e. The van der Waals surface area contributed by atoms with Gasteiger partial charge in [0.1, 0.15) is 5.82 Å². The summed E-state index contributed by atoms with van der Waals surface area (Å²) >= 11 is 3.28. The van der Waals surface area contributed by atoms with Gasteiger partial charge in [-0.3, -0.25) is 4.79 Å². The molecule has 0 aliphatic rings. The van der Waals surface area contributed by atoms with E-state index in [-0.39, 0.29) is 11.7 Å². The Balaban J connectivity index is 2.36. The van der Waals surface area contributed by atoms with E-state index in [0.717, 1.165) is 5.56 Å². The number of carbonyl (C=O) groups is 1. The number of amides is 1. The molecular weight excluding hydrogens is 273 g/mol. The van der Waals surface area contributed by atoms with Crippen LogP contribution >= 0.6 is 15.9 Å². The minimum Gasteiger partial charge on any atom is -0.355 e. The van der Waals surface area contributed by atoms with E-state index in [1.165, 1.54) is 12.1 Å². The monoisotopic (exact) mass is 287 g/mol. The Bertz CT molecular complexity index is 356. The maximum absolute atomic E-state index is 12.6. The van der Waals surface area contributed by atoms with Crippen LogP contribution in [0.1, 0.15) is 19.4 Å². The first kappa shape index (κ1) is 13.2. The summed E-state index contributed by atoms with van der Waals surface area (Å²) in [6.45, 7) is 4.14. The number of carbonyl (C=O) groups excluding carboxylic acids is 1. The van der Waals surface area contributed by atoms with Crippen LogP contribution in [-0.4, -0.2) is 16.8 Å². The molecule has 2 nitrogen and oxygen atoms in total. The fourth-order valence-corrected chi connectivity index (χ4v) is 1.32. The van der Waals surface area contributed by atoms with Gasteiger partial charge in [0.05, 0.1) is 4.32 Å². The van der Waals surface area contributed by atoms with Crippen molar-refractivity contribution < 1.29 is 9.18 Å². The van der Waals surface area contributed by atoms with Crippen LogP contribution in [0, 0.1) is 5.82 Å². The SMILES string of the molecule is CC(C)(Br)C(=O)NCCc1ccc(F)cc1. The molecule has 1 aromatic carbocycles. The molecule has 1 rings (SSSR count). The van der Waals surface area contributed by atoms with Gasteiger partial charge < -0.3 is 5.32 Å². The minimum absolute atomic E-state index is 0.0467. The fourth-order valence-electron chi connectivity index (χ4n) is 1.18. The van der Waals surface area contributed by atoms with E-state index in [2.05, 4.69) is 21.2 Å². The zero-order valence-electron chi connectivity index (χ0n) is 9.39. The van der Waals surface area contributed by atoms with Crippen LogP contribution in [0.15, 0.2) is 24.3 Å². The Labute approximate surface area is 103 Å². The van der Waals surface area contributed by atoms with Crippen molar-refractivity contribution in [3.05, 3.63) is 35.6 Å². The standard InChI is InChI=1S/C12H15BrFNO/c1-12(2,13)11(16)15-8-7-9-3-5-10(14)6-4-9/h3-6H,7-8H2,1-2H3,(H,15,16). The molecule has 16 heavy (non-hydrogen) atoms. The Morgan fingerprint density at radius 1 is 1.38 bits per heavy atom. The molecule has 0 aliphatic carbocycles. The Morgan fingerprint density at radius 3 is 2.44 bits per heavy atom. The Kier molecular flexibility index (Phi) is 4.47. The highest BCUT2D eigenvalue weighted by Gasteiger charge is 2.22. The quantitative estimate of drug-likeness (QED) is 0.848. The third-order valence-corrected chi connectivity index (χ3v) is 2.51. The third kappa shape index (κ3) is 4.31. The summed E-state index contributed by atoms with van der Waals surface area (Å²) in [7, 11) is 0. The van der Waals surface area contributed by atoms with Gasteiger partial charge in [-0.1, -0.05) is 28.1 Å². The first-order valence-electron chi connectivity index (χ1n) is 5.11. The molecule has 1 amide bonds.